The van der Waals surface area contributed by atoms with Gasteiger partial charge in [0, 0.05) is 35.9 Å². The molecule has 4 aromatic rings. The van der Waals surface area contributed by atoms with Crippen molar-refractivity contribution in [1.82, 2.24) is 19.8 Å². The van der Waals surface area contributed by atoms with Crippen LogP contribution in [0, 0.1) is 11.7 Å². The molecule has 1 unspecified atom stereocenters. The molecular formula is C29H28ClFN6O2. The lowest BCUT2D eigenvalue weighted by Gasteiger charge is -2.21. The third kappa shape index (κ3) is 5.46. The van der Waals surface area contributed by atoms with Gasteiger partial charge in [-0.3, -0.25) is 0 Å². The second-order valence-corrected chi connectivity index (χ2v) is 10.5. The first-order chi connectivity index (χ1) is 18.9. The Morgan fingerprint density at radius 3 is 2.79 bits per heavy atom. The minimum Gasteiger partial charge on any atom is -0.487 e. The van der Waals surface area contributed by atoms with Crippen molar-refractivity contribution in [2.24, 2.45) is 5.92 Å². The number of nitrogens with zero attached hydrogens (tertiary/aromatic N) is 4. The molecular weight excluding hydrogens is 519 g/mol. The van der Waals surface area contributed by atoms with E-state index in [1.807, 2.05) is 29.2 Å². The number of carbonyl (C=O) groups is 1. The summed E-state index contributed by atoms with van der Waals surface area (Å²) < 4.78 is 19.2. The number of likely N-dealkylation sites (N-methyl/N-ethyl adjacent to an activating group) is 1. The van der Waals surface area contributed by atoms with Crippen molar-refractivity contribution in [3.05, 3.63) is 83.4 Å². The van der Waals surface area contributed by atoms with Gasteiger partial charge in [-0.2, -0.15) is 0 Å². The number of hydrogen-bond donors (Lipinski definition) is 2. The van der Waals surface area contributed by atoms with Crippen LogP contribution in [-0.2, 0) is 6.61 Å². The maximum atomic E-state index is 13.4. The number of anilines is 3. The Bertz CT molecular complexity index is 1540. The van der Waals surface area contributed by atoms with Gasteiger partial charge in [0.2, 0.25) is 0 Å². The minimum atomic E-state index is -0.312. The van der Waals surface area contributed by atoms with Gasteiger partial charge in [-0.25, -0.2) is 19.2 Å². The van der Waals surface area contributed by atoms with Crippen molar-refractivity contribution < 1.29 is 13.9 Å². The predicted molar refractivity (Wildman–Crippen MR) is 150 cm³/mol. The molecule has 0 aliphatic carbocycles. The number of hydrogen-bond acceptors (Lipinski definition) is 6. The molecule has 2 fully saturated rings. The van der Waals surface area contributed by atoms with Crippen molar-refractivity contribution >= 4 is 45.7 Å². The number of halogens is 2. The molecule has 0 bridgehead atoms. The molecule has 2 amide bonds. The van der Waals surface area contributed by atoms with Crippen LogP contribution in [0.4, 0.5) is 26.4 Å². The normalized spacial score (nSPS) is 18.8. The first kappa shape index (κ1) is 25.3. The van der Waals surface area contributed by atoms with Crippen LogP contribution in [0.2, 0.25) is 5.02 Å². The highest BCUT2D eigenvalue weighted by molar-refractivity contribution is 6.32. The van der Waals surface area contributed by atoms with E-state index in [1.165, 1.54) is 18.5 Å². The van der Waals surface area contributed by atoms with E-state index in [0.29, 0.717) is 45.5 Å². The van der Waals surface area contributed by atoms with Gasteiger partial charge >= 0.3 is 6.03 Å². The monoisotopic (exact) mass is 546 g/mol. The Kier molecular flexibility index (Phi) is 6.93. The molecule has 2 N–H and O–H groups in total. The Morgan fingerprint density at radius 2 is 1.97 bits per heavy atom. The summed E-state index contributed by atoms with van der Waals surface area (Å²) in [6.07, 6.45) is 2.62. The lowest BCUT2D eigenvalue weighted by molar-refractivity contribution is 0.213. The average molecular weight is 547 g/mol. The van der Waals surface area contributed by atoms with Gasteiger partial charge in [0.1, 0.15) is 30.3 Å². The van der Waals surface area contributed by atoms with E-state index < -0.39 is 0 Å². The second kappa shape index (κ2) is 10.7. The van der Waals surface area contributed by atoms with Crippen LogP contribution >= 0.6 is 11.6 Å². The molecule has 2 aliphatic rings. The van der Waals surface area contributed by atoms with Gasteiger partial charge in [0.25, 0.3) is 0 Å². The molecule has 0 spiro atoms. The molecule has 0 saturated carbocycles. The van der Waals surface area contributed by atoms with Gasteiger partial charge in [-0.05, 0) is 80.0 Å². The first-order valence-corrected chi connectivity index (χ1v) is 13.3. The van der Waals surface area contributed by atoms with Crippen LogP contribution in [0.15, 0.2) is 67.0 Å². The maximum Gasteiger partial charge on any atom is 0.321 e. The summed E-state index contributed by atoms with van der Waals surface area (Å²) in [5, 5.41) is 7.50. The van der Waals surface area contributed by atoms with Crippen LogP contribution < -0.4 is 15.4 Å². The van der Waals surface area contributed by atoms with Crippen molar-refractivity contribution in [2.75, 3.05) is 37.3 Å². The average Bonchev–Trinajstić information content (AvgIpc) is 3.51. The molecule has 200 valence electrons. The molecule has 8 nitrogen and oxygen atoms in total. The molecule has 1 aromatic heterocycles. The lowest BCUT2D eigenvalue weighted by atomic mass is 10.1. The molecule has 2 saturated heterocycles. The van der Waals surface area contributed by atoms with E-state index >= 15 is 0 Å². The van der Waals surface area contributed by atoms with Crippen molar-refractivity contribution in [2.45, 2.75) is 19.1 Å². The van der Waals surface area contributed by atoms with Crippen molar-refractivity contribution in [3.63, 3.8) is 0 Å². The van der Waals surface area contributed by atoms with E-state index in [4.69, 9.17) is 16.3 Å². The smallest absolute Gasteiger partial charge is 0.321 e. The van der Waals surface area contributed by atoms with Crippen molar-refractivity contribution in [1.29, 1.82) is 0 Å². The van der Waals surface area contributed by atoms with E-state index in [0.717, 1.165) is 37.0 Å². The van der Waals surface area contributed by atoms with Crippen LogP contribution in [0.25, 0.3) is 10.9 Å². The number of amides is 2. The molecule has 2 atom stereocenters. The summed E-state index contributed by atoms with van der Waals surface area (Å²) in [6.45, 7) is 2.83. The number of carbonyl (C=O) groups excluding carboxylic acids is 1. The number of ether oxygens (including phenoxy) is 1. The number of benzene rings is 3. The number of nitrogens with one attached hydrogen (secondary N) is 2. The largest absolute Gasteiger partial charge is 0.487 e. The summed E-state index contributed by atoms with van der Waals surface area (Å²) in [4.78, 5) is 26.0. The summed E-state index contributed by atoms with van der Waals surface area (Å²) in [7, 11) is 2.13. The summed E-state index contributed by atoms with van der Waals surface area (Å²) in [6, 6.07) is 17.5. The Balaban J connectivity index is 1.15. The molecule has 39 heavy (non-hydrogen) atoms. The molecule has 10 heteroatoms. The standard InChI is InChI=1S/C29H28ClFN6O2/c1-36-10-9-19-14-37(15-26(19)36)29(38)35-21-5-7-25-23(12-21)28(33-17-32-25)34-22-6-8-27(24(30)13-22)39-16-18-3-2-4-20(31)11-18/h2-8,11-13,17,19,26H,9-10,14-16H2,1H3,(H,35,38)(H,32,33,34)/t19?,26-/m1/s1. The van der Waals surface area contributed by atoms with Crippen LogP contribution in [0.1, 0.15) is 12.0 Å². The summed E-state index contributed by atoms with van der Waals surface area (Å²) >= 11 is 6.47. The maximum absolute atomic E-state index is 13.4. The zero-order valence-electron chi connectivity index (χ0n) is 21.4. The van der Waals surface area contributed by atoms with Crippen molar-refractivity contribution in [3.8, 4) is 5.75 Å². The molecule has 3 aromatic carbocycles. The Labute approximate surface area is 230 Å². The zero-order valence-corrected chi connectivity index (χ0v) is 22.2. The minimum absolute atomic E-state index is 0.0934. The molecule has 3 heterocycles. The third-order valence-electron chi connectivity index (χ3n) is 7.48. The highest BCUT2D eigenvalue weighted by Gasteiger charge is 2.41. The van der Waals surface area contributed by atoms with Crippen LogP contribution in [-0.4, -0.2) is 58.5 Å². The van der Waals surface area contributed by atoms with E-state index in [2.05, 4.69) is 32.5 Å². The van der Waals surface area contributed by atoms with Gasteiger partial charge < -0.3 is 25.2 Å². The van der Waals surface area contributed by atoms with E-state index in [1.54, 1.807) is 24.3 Å². The zero-order chi connectivity index (χ0) is 26.9. The fourth-order valence-corrected chi connectivity index (χ4v) is 5.63. The third-order valence-corrected chi connectivity index (χ3v) is 7.77. The molecule has 2 aliphatic heterocycles. The van der Waals surface area contributed by atoms with E-state index in [9.17, 15) is 9.18 Å². The quantitative estimate of drug-likeness (QED) is 0.313. The predicted octanol–water partition coefficient (Wildman–Crippen LogP) is 5.91. The number of rotatable bonds is 6. The summed E-state index contributed by atoms with van der Waals surface area (Å²) in [5.41, 5.74) is 2.84. The fraction of sp³-hybridized carbons (Fsp3) is 0.276. The van der Waals surface area contributed by atoms with Crippen LogP contribution in [0.3, 0.4) is 0 Å². The second-order valence-electron chi connectivity index (χ2n) is 10.1. The number of aromatic nitrogens is 2. The Hall–Kier alpha value is -3.95. The van der Waals surface area contributed by atoms with Gasteiger partial charge in [-0.1, -0.05) is 23.7 Å². The number of likely N-dealkylation sites (tertiary alicyclic amines) is 2. The lowest BCUT2D eigenvalue weighted by Crippen LogP contribution is -2.37. The molecule has 0 radical (unpaired) electrons. The SMILES string of the molecule is CN1CCC2CN(C(=O)Nc3ccc4ncnc(Nc5ccc(OCc6cccc(F)c6)c(Cl)c5)c4c3)C[C@H]21. The molecule has 6 rings (SSSR count). The number of urea groups is 1. The first-order valence-electron chi connectivity index (χ1n) is 12.9. The fourth-order valence-electron chi connectivity index (χ4n) is 5.39. The van der Waals surface area contributed by atoms with Gasteiger partial charge in [0.05, 0.1) is 10.5 Å². The van der Waals surface area contributed by atoms with Crippen LogP contribution in [0.5, 0.6) is 5.75 Å². The van der Waals surface area contributed by atoms with Gasteiger partial charge in [0.15, 0.2) is 0 Å². The highest BCUT2D eigenvalue weighted by Crippen LogP contribution is 2.33. The number of fused-ring (bicyclic) bond motifs is 2. The summed E-state index contributed by atoms with van der Waals surface area (Å²) in [5.74, 6) is 1.30. The van der Waals surface area contributed by atoms with E-state index in [-0.39, 0.29) is 18.5 Å². The van der Waals surface area contributed by atoms with Gasteiger partial charge in [-0.15, -0.1) is 0 Å². The highest BCUT2D eigenvalue weighted by atomic mass is 35.5. The topological polar surface area (TPSA) is 82.6 Å². The Morgan fingerprint density at radius 1 is 1.10 bits per heavy atom.